The lowest BCUT2D eigenvalue weighted by Crippen LogP contribution is -2.31. The van der Waals surface area contributed by atoms with Crippen molar-refractivity contribution in [2.24, 2.45) is 5.90 Å². The first-order chi connectivity index (χ1) is 20.2. The average molecular weight is 551 g/mol. The molecule has 0 saturated heterocycles. The van der Waals surface area contributed by atoms with Gasteiger partial charge in [-0.2, -0.15) is 12.6 Å². The zero-order chi connectivity index (χ0) is 30.3. The summed E-state index contributed by atoms with van der Waals surface area (Å²) in [7, 11) is 0. The highest BCUT2D eigenvalue weighted by molar-refractivity contribution is 7.80. The minimum Gasteiger partial charge on any atom is -0.380 e. The van der Waals surface area contributed by atoms with Crippen LogP contribution in [-0.4, -0.2) is 38.0 Å². The predicted molar refractivity (Wildman–Crippen MR) is 165 cm³/mol. The minimum absolute atomic E-state index is 0.114. The van der Waals surface area contributed by atoms with Crippen LogP contribution in [0.2, 0.25) is 0 Å². The van der Waals surface area contributed by atoms with Crippen LogP contribution in [0.25, 0.3) is 0 Å². The van der Waals surface area contributed by atoms with Crippen molar-refractivity contribution in [1.29, 1.82) is 0 Å². The molecule has 41 heavy (non-hydrogen) atoms. The van der Waals surface area contributed by atoms with Crippen LogP contribution in [0, 0.1) is 154 Å². The molecule has 0 fully saturated rings. The van der Waals surface area contributed by atoms with Crippen molar-refractivity contribution in [2.75, 3.05) is 32.1 Å². The van der Waals surface area contributed by atoms with Gasteiger partial charge in [0.1, 0.15) is 6.61 Å². The number of nitrogens with one attached hydrogen (secondary N) is 1. The van der Waals surface area contributed by atoms with Gasteiger partial charge in [-0.1, -0.05) is 11.8 Å². The highest BCUT2D eigenvalue weighted by atomic mass is 32.1. The third-order valence-electron chi connectivity index (χ3n) is 2.92. The number of nitrogens with two attached hydrogens (primary N) is 1. The maximum Gasteiger partial charge on any atom is 0.248 e. The Morgan fingerprint density at radius 1 is 0.585 bits per heavy atom. The Labute approximate surface area is 250 Å². The van der Waals surface area contributed by atoms with Gasteiger partial charge < -0.3 is 10.1 Å². The quantitative estimate of drug-likeness (QED) is 0.177. The molecule has 3 N–H and O–H groups in total. The molecule has 0 rings (SSSR count). The predicted octanol–water partition coefficient (Wildman–Crippen LogP) is 0.400. The van der Waals surface area contributed by atoms with Crippen LogP contribution in [0.5, 0.6) is 0 Å². The Hall–Kier alpha value is -6.02. The van der Waals surface area contributed by atoms with Crippen LogP contribution >= 0.6 is 12.6 Å². The number of hydrogen-bond donors (Lipinski definition) is 3. The Balaban J connectivity index is 0. The number of ether oxygens (including phenoxy) is 1. The molecule has 0 aliphatic carbocycles. The number of hydrogen-bond acceptors (Lipinski definition) is 5. The molecule has 0 aliphatic rings. The van der Waals surface area contributed by atoms with Crippen LogP contribution in [0.15, 0.2) is 0 Å². The first kappa shape index (κ1) is 37.1. The van der Waals surface area contributed by atoms with Crippen molar-refractivity contribution < 1.29 is 14.4 Å². The summed E-state index contributed by atoms with van der Waals surface area (Å²) in [6.45, 7) is 4.94. The van der Waals surface area contributed by atoms with Gasteiger partial charge in [-0.05, 0) is 121 Å². The van der Waals surface area contributed by atoms with Gasteiger partial charge in [-0.3, -0.25) is 9.63 Å². The normalized spacial score (nSPS) is 5.85. The monoisotopic (exact) mass is 550 g/mol. The molecule has 0 radical (unpaired) electrons. The number of thiol groups is 1. The molecule has 5 nitrogen and oxygen atoms in total. The van der Waals surface area contributed by atoms with E-state index in [0.29, 0.717) is 19.8 Å². The van der Waals surface area contributed by atoms with E-state index in [9.17, 15) is 4.79 Å². The molecule has 0 saturated carbocycles. The number of carbonyl (C=O) groups is 1. The lowest BCUT2D eigenvalue weighted by molar-refractivity contribution is -0.126. The maximum absolute atomic E-state index is 10.7. The van der Waals surface area contributed by atoms with E-state index >= 15 is 0 Å². The van der Waals surface area contributed by atoms with Crippen molar-refractivity contribution in [2.45, 2.75) is 20.3 Å². The Kier molecular flexibility index (Phi) is 32.7. The third kappa shape index (κ3) is 38.7. The van der Waals surface area contributed by atoms with Gasteiger partial charge in [0.2, 0.25) is 5.91 Å². The molecule has 0 aromatic rings. The van der Waals surface area contributed by atoms with Gasteiger partial charge in [0, 0.05) is 60.5 Å². The number of carbonyl (C=O) groups excluding carboxylic acids is 1. The maximum atomic E-state index is 10.7. The molecule has 1 amide bonds. The Morgan fingerprint density at radius 2 is 0.902 bits per heavy atom. The first-order valence-corrected chi connectivity index (χ1v) is 12.0. The number of amides is 1. The molecular formula is C35H22N2O3S. The van der Waals surface area contributed by atoms with Gasteiger partial charge >= 0.3 is 0 Å². The zero-order valence-electron chi connectivity index (χ0n) is 22.5. The molecule has 0 aliphatic heterocycles. The van der Waals surface area contributed by atoms with Gasteiger partial charge in [-0.15, -0.1) is 0 Å². The van der Waals surface area contributed by atoms with Crippen molar-refractivity contribution in [3.8, 4) is 154 Å². The molecule has 0 unspecified atom stereocenters. The summed E-state index contributed by atoms with van der Waals surface area (Å²) >= 11 is 4.03. The van der Waals surface area contributed by atoms with E-state index in [1.165, 1.54) is 0 Å². The third-order valence-corrected chi connectivity index (χ3v) is 3.23. The SMILES string of the molecule is CC#CC#CC#CC#CC#CC#CC#CC#CC#CC#CC#CC#CC#CC.NOCC(=O)NCCOCCCS. The highest BCUT2D eigenvalue weighted by Crippen LogP contribution is 1.84. The van der Waals surface area contributed by atoms with E-state index in [-0.39, 0.29) is 12.5 Å². The minimum atomic E-state index is -0.236. The topological polar surface area (TPSA) is 73.6 Å². The summed E-state index contributed by atoms with van der Waals surface area (Å²) < 4.78 is 5.17. The summed E-state index contributed by atoms with van der Waals surface area (Å²) in [5.74, 6) is 70.9. The second kappa shape index (κ2) is 36.1. The van der Waals surface area contributed by atoms with E-state index in [0.717, 1.165) is 12.2 Å². The van der Waals surface area contributed by atoms with Gasteiger partial charge in [0.15, 0.2) is 0 Å². The van der Waals surface area contributed by atoms with Crippen LogP contribution in [0.1, 0.15) is 20.3 Å². The molecule has 6 heteroatoms. The van der Waals surface area contributed by atoms with Crippen LogP contribution < -0.4 is 11.2 Å². The molecule has 0 spiro atoms. The number of rotatable bonds is 8. The van der Waals surface area contributed by atoms with Crippen molar-refractivity contribution >= 4 is 18.5 Å². The van der Waals surface area contributed by atoms with E-state index in [4.69, 9.17) is 10.6 Å². The van der Waals surface area contributed by atoms with E-state index in [1.807, 2.05) is 0 Å². The molecule has 196 valence electrons. The fraction of sp³-hybridized carbons (Fsp3) is 0.229. The molecule has 0 atom stereocenters. The van der Waals surface area contributed by atoms with E-state index in [2.05, 4.69) is 177 Å². The second-order valence-electron chi connectivity index (χ2n) is 5.85. The van der Waals surface area contributed by atoms with Gasteiger partial charge in [-0.25, -0.2) is 5.90 Å². The van der Waals surface area contributed by atoms with Gasteiger partial charge in [0.05, 0.1) is 6.61 Å². The van der Waals surface area contributed by atoms with Crippen molar-refractivity contribution in [3.05, 3.63) is 0 Å². The lowest BCUT2D eigenvalue weighted by atomic mass is 10.4. The first-order valence-electron chi connectivity index (χ1n) is 11.3. The molecule has 0 bridgehead atoms. The van der Waals surface area contributed by atoms with E-state index < -0.39 is 0 Å². The second-order valence-corrected chi connectivity index (χ2v) is 6.30. The Bertz CT molecular complexity index is 1590. The lowest BCUT2D eigenvalue weighted by Gasteiger charge is -2.04. The van der Waals surface area contributed by atoms with Crippen LogP contribution in [0.4, 0.5) is 0 Å². The van der Waals surface area contributed by atoms with E-state index in [1.54, 1.807) is 13.8 Å². The van der Waals surface area contributed by atoms with Crippen LogP contribution in [0.3, 0.4) is 0 Å². The summed E-state index contributed by atoms with van der Waals surface area (Å²) in [6, 6.07) is 0. The fourth-order valence-electron chi connectivity index (χ4n) is 1.47. The average Bonchev–Trinajstić information content (AvgIpc) is 2.97. The summed E-state index contributed by atoms with van der Waals surface area (Å²) in [4.78, 5) is 14.9. The molecule has 0 aromatic carbocycles. The Morgan fingerprint density at radius 3 is 1.17 bits per heavy atom. The highest BCUT2D eigenvalue weighted by Gasteiger charge is 1.97. The fourth-order valence-corrected chi connectivity index (χ4v) is 1.60. The summed E-state index contributed by atoms with van der Waals surface area (Å²) in [6.07, 6.45) is 0.920. The van der Waals surface area contributed by atoms with Crippen molar-refractivity contribution in [3.63, 3.8) is 0 Å². The standard InChI is InChI=1S/C28H6.C7H16N2O3S/c1-3-5-7-9-11-13-15-17-19-21-23-25-27-28-26-24-22-20-18-16-14-12-10-8-6-4-2;8-12-6-7(10)9-2-4-11-3-1-5-13/h1-2H3;13H,1-6,8H2,(H,9,10). The molecular weight excluding hydrogens is 528 g/mol. The summed E-state index contributed by atoms with van der Waals surface area (Å²) in [5.41, 5.74) is 0. The van der Waals surface area contributed by atoms with Crippen LogP contribution in [-0.2, 0) is 14.4 Å². The largest absolute Gasteiger partial charge is 0.380 e. The van der Waals surface area contributed by atoms with Crippen molar-refractivity contribution in [1.82, 2.24) is 5.32 Å². The zero-order valence-corrected chi connectivity index (χ0v) is 23.4. The smallest absolute Gasteiger partial charge is 0.248 e. The molecule has 0 aromatic heterocycles. The summed E-state index contributed by atoms with van der Waals surface area (Å²) in [5, 5.41) is 2.57. The van der Waals surface area contributed by atoms with Gasteiger partial charge in [0.25, 0.3) is 0 Å². The molecule has 0 heterocycles.